The number of carbonyl (C=O) groups is 1. The Bertz CT molecular complexity index is 1300. The standard InChI is InChI=1S/C25H26N4O2/c30-24(28-15-13-23-20(16-28)18-8-3-6-11-22(18)27-23)12-2-1-7-14-29-17-26-21-10-5-4-9-19(21)25(29)31/h3-6,8-11,17,27H,1-2,7,12-16H2. The molecule has 6 nitrogen and oxygen atoms in total. The van der Waals surface area contributed by atoms with Gasteiger partial charge in [-0.25, -0.2) is 4.98 Å². The van der Waals surface area contributed by atoms with Crippen molar-refractivity contribution in [1.82, 2.24) is 19.4 Å². The summed E-state index contributed by atoms with van der Waals surface area (Å²) in [5, 5.41) is 1.88. The van der Waals surface area contributed by atoms with Gasteiger partial charge in [0.25, 0.3) is 5.56 Å². The third kappa shape index (κ3) is 3.85. The third-order valence-electron chi connectivity index (χ3n) is 6.26. The Labute approximate surface area is 180 Å². The fraction of sp³-hybridized carbons (Fsp3) is 0.320. The monoisotopic (exact) mass is 414 g/mol. The van der Waals surface area contributed by atoms with Gasteiger partial charge in [0.05, 0.1) is 17.2 Å². The predicted octanol–water partition coefficient (Wildman–Crippen LogP) is 4.02. The molecular weight excluding hydrogens is 388 g/mol. The fourth-order valence-corrected chi connectivity index (χ4v) is 4.54. The number of aromatic amines is 1. The molecule has 1 aliphatic rings. The van der Waals surface area contributed by atoms with E-state index in [-0.39, 0.29) is 11.5 Å². The maximum Gasteiger partial charge on any atom is 0.261 e. The van der Waals surface area contributed by atoms with E-state index in [1.807, 2.05) is 41.3 Å². The first-order valence-corrected chi connectivity index (χ1v) is 11.0. The van der Waals surface area contributed by atoms with Crippen molar-refractivity contribution in [2.75, 3.05) is 6.54 Å². The summed E-state index contributed by atoms with van der Waals surface area (Å²) in [6, 6.07) is 15.7. The number of H-pyrrole nitrogens is 1. The van der Waals surface area contributed by atoms with Crippen LogP contribution in [0.4, 0.5) is 0 Å². The highest BCUT2D eigenvalue weighted by Crippen LogP contribution is 2.28. The average Bonchev–Trinajstić information content (AvgIpc) is 3.18. The molecule has 2 aromatic carbocycles. The molecule has 1 amide bonds. The van der Waals surface area contributed by atoms with E-state index in [2.05, 4.69) is 22.1 Å². The van der Waals surface area contributed by atoms with Crippen LogP contribution in [-0.2, 0) is 24.3 Å². The van der Waals surface area contributed by atoms with Crippen molar-refractivity contribution in [3.05, 3.63) is 76.5 Å². The molecule has 0 atom stereocenters. The Morgan fingerprint density at radius 1 is 1.00 bits per heavy atom. The summed E-state index contributed by atoms with van der Waals surface area (Å²) in [5.41, 5.74) is 4.41. The smallest absolute Gasteiger partial charge is 0.261 e. The van der Waals surface area contributed by atoms with E-state index >= 15 is 0 Å². The Morgan fingerprint density at radius 3 is 2.71 bits per heavy atom. The zero-order valence-electron chi connectivity index (χ0n) is 17.5. The van der Waals surface area contributed by atoms with Gasteiger partial charge in [-0.3, -0.25) is 14.2 Å². The number of nitrogens with zero attached hydrogens (tertiary/aromatic N) is 3. The summed E-state index contributed by atoms with van der Waals surface area (Å²) in [5.74, 6) is 0.223. The van der Waals surface area contributed by atoms with Crippen LogP contribution in [0.25, 0.3) is 21.8 Å². The van der Waals surface area contributed by atoms with Gasteiger partial charge < -0.3 is 9.88 Å². The van der Waals surface area contributed by atoms with Gasteiger partial charge in [0.15, 0.2) is 0 Å². The van der Waals surface area contributed by atoms with Gasteiger partial charge in [0.1, 0.15) is 0 Å². The van der Waals surface area contributed by atoms with E-state index in [1.165, 1.54) is 16.6 Å². The minimum Gasteiger partial charge on any atom is -0.358 e. The number of fused-ring (bicyclic) bond motifs is 4. The molecule has 0 bridgehead atoms. The van der Waals surface area contributed by atoms with E-state index in [0.717, 1.165) is 43.3 Å². The molecule has 6 heteroatoms. The minimum absolute atomic E-state index is 0.00419. The maximum atomic E-state index is 12.8. The number of aromatic nitrogens is 3. The number of aryl methyl sites for hydroxylation is 1. The van der Waals surface area contributed by atoms with Crippen LogP contribution in [0.15, 0.2) is 59.7 Å². The van der Waals surface area contributed by atoms with Crippen LogP contribution in [-0.4, -0.2) is 31.9 Å². The van der Waals surface area contributed by atoms with Crippen LogP contribution in [0.1, 0.15) is 36.9 Å². The first kappa shape index (κ1) is 19.5. The first-order valence-electron chi connectivity index (χ1n) is 11.0. The number of carbonyl (C=O) groups excluding carboxylic acids is 1. The van der Waals surface area contributed by atoms with Gasteiger partial charge in [-0.1, -0.05) is 36.8 Å². The van der Waals surface area contributed by atoms with Crippen LogP contribution in [0.5, 0.6) is 0 Å². The average molecular weight is 415 g/mol. The van der Waals surface area contributed by atoms with E-state index in [0.29, 0.717) is 24.9 Å². The summed E-state index contributed by atoms with van der Waals surface area (Å²) in [6.07, 6.45) is 5.68. The van der Waals surface area contributed by atoms with Gasteiger partial charge in [-0.05, 0) is 31.0 Å². The lowest BCUT2D eigenvalue weighted by Gasteiger charge is -2.27. The molecule has 0 saturated heterocycles. The van der Waals surface area contributed by atoms with Crippen LogP contribution in [0, 0.1) is 0 Å². The first-order chi connectivity index (χ1) is 15.2. The number of para-hydroxylation sites is 2. The molecule has 158 valence electrons. The van der Waals surface area contributed by atoms with Crippen molar-refractivity contribution in [2.24, 2.45) is 0 Å². The number of unbranched alkanes of at least 4 members (excludes halogenated alkanes) is 2. The van der Waals surface area contributed by atoms with Crippen molar-refractivity contribution in [3.8, 4) is 0 Å². The largest absolute Gasteiger partial charge is 0.358 e. The minimum atomic E-state index is 0.00419. The second kappa shape index (κ2) is 8.38. The lowest BCUT2D eigenvalue weighted by atomic mass is 10.0. The van der Waals surface area contributed by atoms with E-state index in [4.69, 9.17) is 0 Å². The third-order valence-corrected chi connectivity index (χ3v) is 6.26. The molecule has 0 aliphatic carbocycles. The Morgan fingerprint density at radius 2 is 1.81 bits per heavy atom. The molecule has 0 spiro atoms. The van der Waals surface area contributed by atoms with Gasteiger partial charge in [-0.15, -0.1) is 0 Å². The molecular formula is C25H26N4O2. The van der Waals surface area contributed by atoms with E-state index in [1.54, 1.807) is 10.9 Å². The van der Waals surface area contributed by atoms with Crippen LogP contribution >= 0.6 is 0 Å². The second-order valence-corrected chi connectivity index (χ2v) is 8.26. The zero-order valence-corrected chi connectivity index (χ0v) is 17.5. The summed E-state index contributed by atoms with van der Waals surface area (Å²) < 4.78 is 1.67. The molecule has 1 aliphatic heterocycles. The van der Waals surface area contributed by atoms with Crippen molar-refractivity contribution >= 4 is 27.7 Å². The van der Waals surface area contributed by atoms with Gasteiger partial charge in [0.2, 0.25) is 5.91 Å². The highest BCUT2D eigenvalue weighted by atomic mass is 16.2. The summed E-state index contributed by atoms with van der Waals surface area (Å²) in [6.45, 7) is 2.10. The Hall–Kier alpha value is -3.41. The summed E-state index contributed by atoms with van der Waals surface area (Å²) in [7, 11) is 0. The number of amides is 1. The van der Waals surface area contributed by atoms with Crippen LogP contribution in [0.2, 0.25) is 0 Å². The van der Waals surface area contributed by atoms with Gasteiger partial charge in [0, 0.05) is 54.6 Å². The number of hydrogen-bond acceptors (Lipinski definition) is 3. The molecule has 5 rings (SSSR count). The van der Waals surface area contributed by atoms with Gasteiger partial charge >= 0.3 is 0 Å². The maximum absolute atomic E-state index is 12.8. The molecule has 4 aromatic rings. The number of hydrogen-bond donors (Lipinski definition) is 1. The SMILES string of the molecule is O=C(CCCCCn1cnc2ccccc2c1=O)N1CCc2[nH]c3ccccc3c2C1. The molecule has 3 heterocycles. The quantitative estimate of drug-likeness (QED) is 0.485. The van der Waals surface area contributed by atoms with Crippen molar-refractivity contribution in [2.45, 2.75) is 45.2 Å². The predicted molar refractivity (Wildman–Crippen MR) is 122 cm³/mol. The van der Waals surface area contributed by atoms with Crippen LogP contribution in [0.3, 0.4) is 0 Å². The van der Waals surface area contributed by atoms with E-state index < -0.39 is 0 Å². The summed E-state index contributed by atoms with van der Waals surface area (Å²) in [4.78, 5) is 35.1. The number of rotatable bonds is 6. The highest BCUT2D eigenvalue weighted by molar-refractivity contribution is 5.86. The lowest BCUT2D eigenvalue weighted by molar-refractivity contribution is -0.132. The topological polar surface area (TPSA) is 71.0 Å². The molecule has 0 radical (unpaired) electrons. The molecule has 2 aromatic heterocycles. The van der Waals surface area contributed by atoms with Gasteiger partial charge in [-0.2, -0.15) is 0 Å². The second-order valence-electron chi connectivity index (χ2n) is 8.26. The van der Waals surface area contributed by atoms with Crippen molar-refractivity contribution in [3.63, 3.8) is 0 Å². The molecule has 0 fully saturated rings. The normalized spacial score (nSPS) is 13.6. The Kier molecular flexibility index (Phi) is 5.28. The Balaban J connectivity index is 1.13. The molecule has 1 N–H and O–H groups in total. The van der Waals surface area contributed by atoms with Crippen molar-refractivity contribution < 1.29 is 4.79 Å². The number of nitrogens with one attached hydrogen (secondary N) is 1. The lowest BCUT2D eigenvalue weighted by Crippen LogP contribution is -2.35. The van der Waals surface area contributed by atoms with E-state index in [9.17, 15) is 9.59 Å². The van der Waals surface area contributed by atoms with Crippen molar-refractivity contribution in [1.29, 1.82) is 0 Å². The highest BCUT2D eigenvalue weighted by Gasteiger charge is 2.23. The molecule has 31 heavy (non-hydrogen) atoms. The van der Waals surface area contributed by atoms with Crippen LogP contribution < -0.4 is 5.56 Å². The molecule has 0 unspecified atom stereocenters. The summed E-state index contributed by atoms with van der Waals surface area (Å²) >= 11 is 0. The fourth-order valence-electron chi connectivity index (χ4n) is 4.54. The number of benzene rings is 2. The zero-order chi connectivity index (χ0) is 21.2. The molecule has 0 saturated carbocycles.